The van der Waals surface area contributed by atoms with E-state index in [0.717, 1.165) is 12.2 Å². The molecule has 138 valence electrons. The van der Waals surface area contributed by atoms with Crippen LogP contribution in [0.3, 0.4) is 0 Å². The first-order valence-electron chi connectivity index (χ1n) is 10.4. The van der Waals surface area contributed by atoms with Gasteiger partial charge < -0.3 is 9.31 Å². The van der Waals surface area contributed by atoms with Gasteiger partial charge in [0.2, 0.25) is 0 Å². The third-order valence-corrected chi connectivity index (χ3v) is 6.38. The summed E-state index contributed by atoms with van der Waals surface area (Å²) >= 11 is 0. The van der Waals surface area contributed by atoms with Crippen LogP contribution >= 0.6 is 0 Å². The van der Waals surface area contributed by atoms with E-state index in [1.165, 1.54) is 57.8 Å². The zero-order valence-electron chi connectivity index (χ0n) is 16.8. The van der Waals surface area contributed by atoms with Crippen LogP contribution in [0.4, 0.5) is 0 Å². The molecule has 2 fully saturated rings. The molecule has 1 saturated heterocycles. The molecular formula is C21H39BO2. The van der Waals surface area contributed by atoms with Crippen LogP contribution in [0.25, 0.3) is 0 Å². The molecule has 0 unspecified atom stereocenters. The highest BCUT2D eigenvalue weighted by molar-refractivity contribution is 6.45. The lowest BCUT2D eigenvalue weighted by atomic mass is 9.68. The van der Waals surface area contributed by atoms with Crippen molar-refractivity contribution in [1.29, 1.82) is 0 Å². The highest BCUT2D eigenvalue weighted by Gasteiger charge is 2.51. The molecule has 1 saturated carbocycles. The standard InChI is InChI=1S/C21H39BO2/c1-6-7-8-9-11-16-19(18-14-12-10-13-15-18)17-22-23-20(2,3)21(4,5)24-22/h11,16,18-19H,6-10,12-15,17H2,1-5H3/b16-11+/t19-/m0/s1. The Balaban J connectivity index is 1.95. The third-order valence-electron chi connectivity index (χ3n) is 6.38. The molecule has 0 aromatic rings. The van der Waals surface area contributed by atoms with Crippen molar-refractivity contribution in [1.82, 2.24) is 0 Å². The topological polar surface area (TPSA) is 18.5 Å². The second-order valence-electron chi connectivity index (χ2n) is 8.91. The maximum atomic E-state index is 6.27. The zero-order chi connectivity index (χ0) is 17.6. The molecule has 0 N–H and O–H groups in total. The summed E-state index contributed by atoms with van der Waals surface area (Å²) in [5.74, 6) is 1.43. The molecule has 0 spiro atoms. The van der Waals surface area contributed by atoms with Gasteiger partial charge >= 0.3 is 7.12 Å². The van der Waals surface area contributed by atoms with E-state index in [0.29, 0.717) is 5.92 Å². The summed E-state index contributed by atoms with van der Waals surface area (Å²) in [4.78, 5) is 0. The zero-order valence-corrected chi connectivity index (χ0v) is 16.8. The van der Waals surface area contributed by atoms with E-state index in [4.69, 9.17) is 9.31 Å². The normalized spacial score (nSPS) is 25.5. The van der Waals surface area contributed by atoms with E-state index in [-0.39, 0.29) is 18.3 Å². The molecule has 0 aromatic heterocycles. The van der Waals surface area contributed by atoms with Crippen molar-refractivity contribution in [2.45, 2.75) is 110 Å². The van der Waals surface area contributed by atoms with Crippen molar-refractivity contribution >= 4 is 7.12 Å². The van der Waals surface area contributed by atoms with Gasteiger partial charge in [-0.3, -0.25) is 0 Å². The predicted octanol–water partition coefficient (Wildman–Crippen LogP) is 6.41. The molecule has 1 heterocycles. The Morgan fingerprint density at radius 2 is 1.62 bits per heavy atom. The first-order chi connectivity index (χ1) is 11.4. The van der Waals surface area contributed by atoms with Crippen LogP contribution in [0, 0.1) is 11.8 Å². The monoisotopic (exact) mass is 334 g/mol. The second kappa shape index (κ2) is 8.89. The van der Waals surface area contributed by atoms with E-state index in [2.05, 4.69) is 46.8 Å². The maximum absolute atomic E-state index is 6.27. The quantitative estimate of drug-likeness (QED) is 0.290. The molecule has 0 aromatic carbocycles. The first-order valence-corrected chi connectivity index (χ1v) is 10.4. The minimum atomic E-state index is -0.209. The highest BCUT2D eigenvalue weighted by atomic mass is 16.7. The number of allylic oxidation sites excluding steroid dienone is 2. The van der Waals surface area contributed by atoms with Gasteiger partial charge in [0.15, 0.2) is 0 Å². The Kier molecular flexibility index (Phi) is 7.43. The SMILES string of the molecule is CCCCC/C=C/[C@@H](CB1OC(C)(C)C(C)(C)O1)C1CCCCC1. The Morgan fingerprint density at radius 3 is 2.21 bits per heavy atom. The molecule has 0 amide bonds. The summed E-state index contributed by atoms with van der Waals surface area (Å²) in [6.07, 6.45) is 18.1. The lowest BCUT2D eigenvalue weighted by Gasteiger charge is -2.32. The highest BCUT2D eigenvalue weighted by Crippen LogP contribution is 2.41. The van der Waals surface area contributed by atoms with Crippen molar-refractivity contribution < 1.29 is 9.31 Å². The van der Waals surface area contributed by atoms with Gasteiger partial charge in [-0.1, -0.05) is 51.2 Å². The van der Waals surface area contributed by atoms with Crippen molar-refractivity contribution in [2.75, 3.05) is 0 Å². The van der Waals surface area contributed by atoms with Crippen molar-refractivity contribution in [3.05, 3.63) is 12.2 Å². The van der Waals surface area contributed by atoms with E-state index >= 15 is 0 Å². The van der Waals surface area contributed by atoms with E-state index in [1.807, 2.05) is 0 Å². The summed E-state index contributed by atoms with van der Waals surface area (Å²) < 4.78 is 12.5. The molecule has 2 rings (SSSR count). The van der Waals surface area contributed by atoms with Crippen LogP contribution in [0.5, 0.6) is 0 Å². The number of hydrogen-bond donors (Lipinski definition) is 0. The summed E-state index contributed by atoms with van der Waals surface area (Å²) in [7, 11) is -0.0535. The Labute approximate surface area is 150 Å². The van der Waals surface area contributed by atoms with Gasteiger partial charge in [-0.15, -0.1) is 0 Å². The van der Waals surface area contributed by atoms with Crippen LogP contribution in [0.1, 0.15) is 92.4 Å². The van der Waals surface area contributed by atoms with Gasteiger partial charge in [-0.25, -0.2) is 0 Å². The third kappa shape index (κ3) is 5.36. The Morgan fingerprint density at radius 1 is 1.00 bits per heavy atom. The van der Waals surface area contributed by atoms with Crippen molar-refractivity contribution in [3.8, 4) is 0 Å². The smallest absolute Gasteiger partial charge is 0.403 e. The minimum Gasteiger partial charge on any atom is -0.403 e. The second-order valence-corrected chi connectivity index (χ2v) is 8.91. The van der Waals surface area contributed by atoms with Crippen LogP contribution in [0.15, 0.2) is 12.2 Å². The first kappa shape index (κ1) is 20.0. The number of rotatable bonds is 8. The van der Waals surface area contributed by atoms with Gasteiger partial charge in [-0.2, -0.15) is 0 Å². The van der Waals surface area contributed by atoms with Crippen LogP contribution < -0.4 is 0 Å². The molecule has 2 nitrogen and oxygen atoms in total. The molecule has 2 aliphatic rings. The van der Waals surface area contributed by atoms with Crippen LogP contribution in [-0.2, 0) is 9.31 Å². The average molecular weight is 334 g/mol. The Bertz CT molecular complexity index is 381. The van der Waals surface area contributed by atoms with E-state index in [1.54, 1.807) is 0 Å². The van der Waals surface area contributed by atoms with Gasteiger partial charge in [-0.05, 0) is 71.5 Å². The lowest BCUT2D eigenvalue weighted by molar-refractivity contribution is 0.00578. The van der Waals surface area contributed by atoms with Gasteiger partial charge in [0.25, 0.3) is 0 Å². The molecular weight excluding hydrogens is 295 g/mol. The predicted molar refractivity (Wildman–Crippen MR) is 104 cm³/mol. The van der Waals surface area contributed by atoms with Gasteiger partial charge in [0, 0.05) is 0 Å². The van der Waals surface area contributed by atoms with Gasteiger partial charge in [0.1, 0.15) is 0 Å². The molecule has 1 aliphatic carbocycles. The molecule has 24 heavy (non-hydrogen) atoms. The fraction of sp³-hybridized carbons (Fsp3) is 0.905. The van der Waals surface area contributed by atoms with Crippen molar-refractivity contribution in [2.24, 2.45) is 11.8 Å². The van der Waals surface area contributed by atoms with Crippen LogP contribution in [0.2, 0.25) is 6.32 Å². The largest absolute Gasteiger partial charge is 0.458 e. The molecule has 0 bridgehead atoms. The lowest BCUT2D eigenvalue weighted by Crippen LogP contribution is -2.41. The van der Waals surface area contributed by atoms with E-state index in [9.17, 15) is 0 Å². The van der Waals surface area contributed by atoms with Crippen LogP contribution in [-0.4, -0.2) is 18.3 Å². The fourth-order valence-corrected chi connectivity index (χ4v) is 4.06. The summed E-state index contributed by atoms with van der Waals surface area (Å²) in [5, 5.41) is 0. The average Bonchev–Trinajstić information content (AvgIpc) is 2.74. The van der Waals surface area contributed by atoms with Gasteiger partial charge in [0.05, 0.1) is 11.2 Å². The summed E-state index contributed by atoms with van der Waals surface area (Å²) in [6, 6.07) is 0. The number of unbranched alkanes of at least 4 members (excludes halogenated alkanes) is 3. The fourth-order valence-electron chi connectivity index (χ4n) is 4.06. The molecule has 3 heteroatoms. The van der Waals surface area contributed by atoms with E-state index < -0.39 is 0 Å². The molecule has 0 radical (unpaired) electrons. The van der Waals surface area contributed by atoms with Crippen molar-refractivity contribution in [3.63, 3.8) is 0 Å². The maximum Gasteiger partial charge on any atom is 0.458 e. The molecule has 1 aliphatic heterocycles. The molecule has 1 atom stereocenters. The number of hydrogen-bond acceptors (Lipinski definition) is 2. The minimum absolute atomic E-state index is 0.0535. The Hall–Kier alpha value is -0.275. The summed E-state index contributed by atoms with van der Waals surface area (Å²) in [5.41, 5.74) is -0.417. The summed E-state index contributed by atoms with van der Waals surface area (Å²) in [6.45, 7) is 10.9.